The summed E-state index contributed by atoms with van der Waals surface area (Å²) in [6.45, 7) is 5.53. The number of hydrogen-bond donors (Lipinski definition) is 3. The van der Waals surface area contributed by atoms with Crippen molar-refractivity contribution in [1.82, 2.24) is 10.6 Å². The van der Waals surface area contributed by atoms with Gasteiger partial charge in [0.25, 0.3) is 5.91 Å². The Bertz CT molecular complexity index is 437. The van der Waals surface area contributed by atoms with Gasteiger partial charge in [0.2, 0.25) is 0 Å². The summed E-state index contributed by atoms with van der Waals surface area (Å²) >= 11 is 0. The molecule has 0 radical (unpaired) electrons. The molecule has 0 bridgehead atoms. The number of nitrogens with zero attached hydrogens (tertiary/aromatic N) is 1. The van der Waals surface area contributed by atoms with Crippen LogP contribution in [0.15, 0.2) is 29.3 Å². The Morgan fingerprint density at radius 3 is 2.47 bits per heavy atom. The van der Waals surface area contributed by atoms with Gasteiger partial charge < -0.3 is 16.4 Å². The molecule has 19 heavy (non-hydrogen) atoms. The summed E-state index contributed by atoms with van der Waals surface area (Å²) in [6.07, 6.45) is 0. The number of carbonyl (C=O) groups excluding carboxylic acids is 1. The first kappa shape index (κ1) is 15.0. The van der Waals surface area contributed by atoms with Crippen LogP contribution in [0.3, 0.4) is 0 Å². The molecule has 1 aromatic carbocycles. The molecule has 0 spiro atoms. The molecule has 0 unspecified atom stereocenters. The summed E-state index contributed by atoms with van der Waals surface area (Å²) in [4.78, 5) is 15.6. The van der Waals surface area contributed by atoms with Crippen LogP contribution in [0.2, 0.25) is 0 Å². The van der Waals surface area contributed by atoms with Gasteiger partial charge in [-0.15, -0.1) is 0 Å². The molecule has 5 nitrogen and oxygen atoms in total. The Labute approximate surface area is 114 Å². The standard InChI is InChI=1S/C14H22N4O/c1-10(2)8-17-14(15)18-9-11-4-6-12(7-5-11)13(19)16-3/h4-7,10H,8-9H2,1-3H3,(H,16,19)(H3,15,17,18). The van der Waals surface area contributed by atoms with E-state index in [1.54, 1.807) is 19.2 Å². The molecule has 0 atom stereocenters. The summed E-state index contributed by atoms with van der Waals surface area (Å²) in [6, 6.07) is 7.32. The molecule has 0 saturated heterocycles. The highest BCUT2D eigenvalue weighted by molar-refractivity contribution is 5.93. The first-order chi connectivity index (χ1) is 9.02. The van der Waals surface area contributed by atoms with Crippen molar-refractivity contribution in [3.8, 4) is 0 Å². The second-order valence-electron chi connectivity index (χ2n) is 4.75. The second kappa shape index (κ2) is 7.41. The van der Waals surface area contributed by atoms with Gasteiger partial charge in [-0.1, -0.05) is 26.0 Å². The van der Waals surface area contributed by atoms with E-state index in [0.717, 1.165) is 12.1 Å². The van der Waals surface area contributed by atoms with E-state index in [4.69, 9.17) is 5.73 Å². The van der Waals surface area contributed by atoms with Crippen LogP contribution in [-0.2, 0) is 6.54 Å². The number of amides is 1. The van der Waals surface area contributed by atoms with Crippen molar-refractivity contribution < 1.29 is 4.79 Å². The summed E-state index contributed by atoms with van der Waals surface area (Å²) in [5, 5.41) is 5.64. The van der Waals surface area contributed by atoms with Crippen molar-refractivity contribution in [2.24, 2.45) is 16.6 Å². The van der Waals surface area contributed by atoms with E-state index >= 15 is 0 Å². The third-order valence-electron chi connectivity index (χ3n) is 2.57. The van der Waals surface area contributed by atoms with E-state index in [2.05, 4.69) is 29.5 Å². The highest BCUT2D eigenvalue weighted by Crippen LogP contribution is 2.05. The predicted molar refractivity (Wildman–Crippen MR) is 78.0 cm³/mol. The molecule has 1 amide bonds. The van der Waals surface area contributed by atoms with Crippen molar-refractivity contribution in [3.63, 3.8) is 0 Å². The van der Waals surface area contributed by atoms with Crippen LogP contribution in [-0.4, -0.2) is 25.5 Å². The number of carbonyl (C=O) groups is 1. The maximum atomic E-state index is 11.4. The van der Waals surface area contributed by atoms with Crippen molar-refractivity contribution in [2.75, 3.05) is 13.6 Å². The van der Waals surface area contributed by atoms with Gasteiger partial charge in [-0.2, -0.15) is 0 Å². The van der Waals surface area contributed by atoms with Crippen molar-refractivity contribution in [2.45, 2.75) is 20.4 Å². The van der Waals surface area contributed by atoms with Crippen LogP contribution < -0.4 is 16.4 Å². The number of nitrogens with two attached hydrogens (primary N) is 1. The topological polar surface area (TPSA) is 79.5 Å². The largest absolute Gasteiger partial charge is 0.370 e. The van der Waals surface area contributed by atoms with Crippen LogP contribution in [0.25, 0.3) is 0 Å². The summed E-state index contributed by atoms with van der Waals surface area (Å²) in [5.41, 5.74) is 7.40. The zero-order valence-electron chi connectivity index (χ0n) is 11.7. The number of nitrogens with one attached hydrogen (secondary N) is 2. The molecule has 104 valence electrons. The van der Waals surface area contributed by atoms with E-state index in [0.29, 0.717) is 24.0 Å². The molecular formula is C14H22N4O. The Morgan fingerprint density at radius 1 is 1.32 bits per heavy atom. The lowest BCUT2D eigenvalue weighted by molar-refractivity contribution is 0.0963. The third kappa shape index (κ3) is 5.42. The third-order valence-corrected chi connectivity index (χ3v) is 2.57. The smallest absolute Gasteiger partial charge is 0.251 e. The fourth-order valence-corrected chi connectivity index (χ4v) is 1.45. The van der Waals surface area contributed by atoms with Gasteiger partial charge in [0.1, 0.15) is 0 Å². The SMILES string of the molecule is CNC(=O)c1ccc(CN=C(N)NCC(C)C)cc1. The Balaban J connectivity index is 2.53. The van der Waals surface area contributed by atoms with E-state index in [-0.39, 0.29) is 5.91 Å². The van der Waals surface area contributed by atoms with Gasteiger partial charge in [-0.25, -0.2) is 4.99 Å². The van der Waals surface area contributed by atoms with Crippen LogP contribution >= 0.6 is 0 Å². The van der Waals surface area contributed by atoms with E-state index < -0.39 is 0 Å². The average Bonchev–Trinajstić information content (AvgIpc) is 2.42. The Kier molecular flexibility index (Phi) is 5.85. The Morgan fingerprint density at radius 2 is 1.95 bits per heavy atom. The van der Waals surface area contributed by atoms with Gasteiger partial charge in [0.15, 0.2) is 5.96 Å². The van der Waals surface area contributed by atoms with Crippen LogP contribution in [0.5, 0.6) is 0 Å². The van der Waals surface area contributed by atoms with Gasteiger partial charge in [0.05, 0.1) is 6.54 Å². The first-order valence-electron chi connectivity index (χ1n) is 6.37. The van der Waals surface area contributed by atoms with Crippen molar-refractivity contribution in [1.29, 1.82) is 0 Å². The molecule has 0 saturated carbocycles. The summed E-state index contributed by atoms with van der Waals surface area (Å²) in [7, 11) is 1.61. The summed E-state index contributed by atoms with van der Waals surface area (Å²) in [5.74, 6) is 0.887. The highest BCUT2D eigenvalue weighted by atomic mass is 16.1. The van der Waals surface area contributed by atoms with Crippen molar-refractivity contribution >= 4 is 11.9 Å². The lowest BCUT2D eigenvalue weighted by Crippen LogP contribution is -2.34. The second-order valence-corrected chi connectivity index (χ2v) is 4.75. The minimum Gasteiger partial charge on any atom is -0.370 e. The zero-order valence-corrected chi connectivity index (χ0v) is 11.7. The van der Waals surface area contributed by atoms with Crippen molar-refractivity contribution in [3.05, 3.63) is 35.4 Å². The monoisotopic (exact) mass is 262 g/mol. The lowest BCUT2D eigenvalue weighted by atomic mass is 10.1. The fraction of sp³-hybridized carbons (Fsp3) is 0.429. The molecule has 4 N–H and O–H groups in total. The van der Waals surface area contributed by atoms with E-state index in [9.17, 15) is 4.79 Å². The fourth-order valence-electron chi connectivity index (χ4n) is 1.45. The lowest BCUT2D eigenvalue weighted by Gasteiger charge is -2.08. The van der Waals surface area contributed by atoms with Crippen LogP contribution in [0.4, 0.5) is 0 Å². The molecule has 0 fully saturated rings. The van der Waals surface area contributed by atoms with Crippen LogP contribution in [0.1, 0.15) is 29.8 Å². The van der Waals surface area contributed by atoms with Crippen LogP contribution in [0, 0.1) is 5.92 Å². The molecular weight excluding hydrogens is 240 g/mol. The van der Waals surface area contributed by atoms with Gasteiger partial charge in [-0.3, -0.25) is 4.79 Å². The van der Waals surface area contributed by atoms with Gasteiger partial charge in [0, 0.05) is 19.2 Å². The maximum Gasteiger partial charge on any atom is 0.251 e. The quantitative estimate of drug-likeness (QED) is 0.549. The van der Waals surface area contributed by atoms with E-state index in [1.165, 1.54) is 0 Å². The molecule has 5 heteroatoms. The molecule has 0 aliphatic carbocycles. The number of benzene rings is 1. The molecule has 0 aliphatic rings. The van der Waals surface area contributed by atoms with E-state index in [1.807, 2.05) is 12.1 Å². The van der Waals surface area contributed by atoms with Gasteiger partial charge in [-0.05, 0) is 23.6 Å². The number of guanidine groups is 1. The first-order valence-corrected chi connectivity index (χ1v) is 6.37. The average molecular weight is 262 g/mol. The molecule has 1 aromatic rings. The number of rotatable bonds is 5. The predicted octanol–water partition coefficient (Wildman–Crippen LogP) is 1.11. The summed E-state index contributed by atoms with van der Waals surface area (Å²) < 4.78 is 0. The molecule has 0 heterocycles. The Hall–Kier alpha value is -2.04. The molecule has 1 rings (SSSR count). The molecule has 0 aliphatic heterocycles. The molecule has 0 aromatic heterocycles. The highest BCUT2D eigenvalue weighted by Gasteiger charge is 2.02. The number of aliphatic imine (C=N–C) groups is 1. The maximum absolute atomic E-state index is 11.4. The zero-order chi connectivity index (χ0) is 14.3. The minimum atomic E-state index is -0.0897. The van der Waals surface area contributed by atoms with Gasteiger partial charge >= 0.3 is 0 Å². The normalized spacial score (nSPS) is 11.5. The minimum absolute atomic E-state index is 0.0897. The number of hydrogen-bond acceptors (Lipinski definition) is 2.